The minimum Gasteiger partial charge on any atom is -0.464 e. The molecule has 2 rings (SSSR count). The van der Waals surface area contributed by atoms with Gasteiger partial charge in [0.2, 0.25) is 0 Å². The lowest BCUT2D eigenvalue weighted by Gasteiger charge is -2.37. The van der Waals surface area contributed by atoms with Crippen LogP contribution in [0.5, 0.6) is 0 Å². The number of carbonyl (C=O) groups is 2. The molecule has 1 aliphatic carbocycles. The predicted molar refractivity (Wildman–Crippen MR) is 73.0 cm³/mol. The smallest absolute Gasteiger partial charge is 0.411 e. The number of nitrogens with two attached hydrogens (primary N) is 1. The first-order valence-electron chi connectivity index (χ1n) is 7.18. The molecule has 0 spiro atoms. The van der Waals surface area contributed by atoms with E-state index in [0.29, 0.717) is 6.61 Å². The maximum absolute atomic E-state index is 12.4. The third-order valence-corrected chi connectivity index (χ3v) is 3.85. The van der Waals surface area contributed by atoms with Crippen molar-refractivity contribution in [2.24, 2.45) is 11.7 Å². The molecular weight excluding hydrogens is 260 g/mol. The van der Waals surface area contributed by atoms with Crippen LogP contribution >= 0.6 is 0 Å². The second-order valence-corrected chi connectivity index (χ2v) is 6.55. The minimum absolute atomic E-state index is 0.0848. The first kappa shape index (κ1) is 15.1. The highest BCUT2D eigenvalue weighted by molar-refractivity contribution is 5.83. The molecule has 1 aliphatic heterocycles. The van der Waals surface area contributed by atoms with Crippen LogP contribution in [0.2, 0.25) is 0 Å². The Balaban J connectivity index is 2.18. The summed E-state index contributed by atoms with van der Waals surface area (Å²) in [7, 11) is 0. The number of nitrogens with zero attached hydrogens (tertiary/aromatic N) is 1. The zero-order chi connectivity index (χ0) is 15.1. The summed E-state index contributed by atoms with van der Waals surface area (Å²) in [6.07, 6.45) is 1.04. The molecule has 0 aromatic carbocycles. The number of piperidine rings is 1. The maximum atomic E-state index is 12.4. The lowest BCUT2D eigenvalue weighted by Crippen LogP contribution is -2.57. The van der Waals surface area contributed by atoms with E-state index in [1.54, 1.807) is 27.7 Å². The zero-order valence-corrected chi connectivity index (χ0v) is 12.6. The van der Waals surface area contributed by atoms with E-state index >= 15 is 0 Å². The van der Waals surface area contributed by atoms with Gasteiger partial charge < -0.3 is 15.2 Å². The predicted octanol–water partition coefficient (Wildman–Crippen LogP) is 1.27. The molecule has 2 aliphatic rings. The van der Waals surface area contributed by atoms with E-state index in [-0.39, 0.29) is 24.0 Å². The van der Waals surface area contributed by atoms with Gasteiger partial charge >= 0.3 is 12.1 Å². The summed E-state index contributed by atoms with van der Waals surface area (Å²) in [4.78, 5) is 26.0. The standard InChI is InChI=1S/C14H24N2O4/c1-5-19-12(17)11-8-6-9(15)10(7-8)16(11)13(18)20-14(2,3)4/h8-11H,5-7,15H2,1-4H3/t8-,9+,10-,11+/m0/s1. The summed E-state index contributed by atoms with van der Waals surface area (Å²) in [6.45, 7) is 7.48. The van der Waals surface area contributed by atoms with Crippen LogP contribution in [0.3, 0.4) is 0 Å². The fourth-order valence-corrected chi connectivity index (χ4v) is 3.20. The molecule has 114 valence electrons. The molecule has 20 heavy (non-hydrogen) atoms. The number of hydrogen-bond acceptors (Lipinski definition) is 5. The quantitative estimate of drug-likeness (QED) is 0.772. The molecular formula is C14H24N2O4. The molecule has 6 heteroatoms. The van der Waals surface area contributed by atoms with Crippen LogP contribution in [0.15, 0.2) is 0 Å². The van der Waals surface area contributed by atoms with Crippen LogP contribution in [0.4, 0.5) is 4.79 Å². The Kier molecular flexibility index (Phi) is 3.95. The van der Waals surface area contributed by atoms with Crippen molar-refractivity contribution < 1.29 is 19.1 Å². The number of rotatable bonds is 2. The molecule has 1 heterocycles. The van der Waals surface area contributed by atoms with Gasteiger partial charge in [-0.3, -0.25) is 4.90 Å². The Morgan fingerprint density at radius 3 is 2.50 bits per heavy atom. The van der Waals surface area contributed by atoms with Crippen molar-refractivity contribution in [1.82, 2.24) is 4.90 Å². The van der Waals surface area contributed by atoms with Gasteiger partial charge in [-0.2, -0.15) is 0 Å². The van der Waals surface area contributed by atoms with Crippen molar-refractivity contribution in [2.45, 2.75) is 64.3 Å². The molecule has 1 amide bonds. The van der Waals surface area contributed by atoms with Gasteiger partial charge in [-0.05, 0) is 46.5 Å². The molecule has 2 N–H and O–H groups in total. The van der Waals surface area contributed by atoms with Crippen molar-refractivity contribution in [3.05, 3.63) is 0 Å². The van der Waals surface area contributed by atoms with E-state index < -0.39 is 17.7 Å². The number of esters is 1. The van der Waals surface area contributed by atoms with Crippen molar-refractivity contribution in [3.8, 4) is 0 Å². The van der Waals surface area contributed by atoms with E-state index in [2.05, 4.69) is 0 Å². The van der Waals surface area contributed by atoms with Crippen LogP contribution in [0.25, 0.3) is 0 Å². The lowest BCUT2D eigenvalue weighted by molar-refractivity contribution is -0.151. The summed E-state index contributed by atoms with van der Waals surface area (Å²) >= 11 is 0. The maximum Gasteiger partial charge on any atom is 0.411 e. The van der Waals surface area contributed by atoms with Gasteiger partial charge in [0.05, 0.1) is 12.6 Å². The Morgan fingerprint density at radius 1 is 1.30 bits per heavy atom. The molecule has 0 aromatic heterocycles. The molecule has 2 fully saturated rings. The van der Waals surface area contributed by atoms with Crippen LogP contribution in [-0.4, -0.2) is 47.3 Å². The van der Waals surface area contributed by atoms with Crippen LogP contribution in [-0.2, 0) is 14.3 Å². The minimum atomic E-state index is -0.595. The molecule has 0 unspecified atom stereocenters. The highest BCUT2D eigenvalue weighted by atomic mass is 16.6. The zero-order valence-electron chi connectivity index (χ0n) is 12.6. The SMILES string of the molecule is CCOC(=O)[C@H]1[C@H]2C[C@@H](N)[C@H](C2)N1C(=O)OC(C)(C)C. The second kappa shape index (κ2) is 5.24. The lowest BCUT2D eigenvalue weighted by atomic mass is 9.97. The third kappa shape index (κ3) is 2.75. The van der Waals surface area contributed by atoms with Gasteiger partial charge in [0.25, 0.3) is 0 Å². The molecule has 1 saturated carbocycles. The summed E-state index contributed by atoms with van der Waals surface area (Å²) in [5.41, 5.74) is 5.45. The molecule has 6 nitrogen and oxygen atoms in total. The van der Waals surface area contributed by atoms with Crippen molar-refractivity contribution in [3.63, 3.8) is 0 Å². The van der Waals surface area contributed by atoms with Gasteiger partial charge in [-0.1, -0.05) is 0 Å². The summed E-state index contributed by atoms with van der Waals surface area (Å²) in [5.74, 6) is -0.265. The third-order valence-electron chi connectivity index (χ3n) is 3.85. The fourth-order valence-electron chi connectivity index (χ4n) is 3.20. The molecule has 0 radical (unpaired) electrons. The number of hydrogen-bond donors (Lipinski definition) is 1. The van der Waals surface area contributed by atoms with Crippen LogP contribution in [0.1, 0.15) is 40.5 Å². The highest BCUT2D eigenvalue weighted by Gasteiger charge is 2.56. The van der Waals surface area contributed by atoms with Crippen LogP contribution < -0.4 is 5.73 Å². The van der Waals surface area contributed by atoms with Gasteiger partial charge in [0.1, 0.15) is 11.6 Å². The summed E-state index contributed by atoms with van der Waals surface area (Å²) in [6, 6.07) is -0.753. The van der Waals surface area contributed by atoms with Gasteiger partial charge in [-0.15, -0.1) is 0 Å². The van der Waals surface area contributed by atoms with Gasteiger partial charge in [0, 0.05) is 6.04 Å². The first-order chi connectivity index (χ1) is 9.24. The van der Waals surface area contributed by atoms with Crippen molar-refractivity contribution in [2.75, 3.05) is 6.61 Å². The average molecular weight is 284 g/mol. The Labute approximate surface area is 119 Å². The molecule has 0 aromatic rings. The van der Waals surface area contributed by atoms with Crippen molar-refractivity contribution >= 4 is 12.1 Å². The van der Waals surface area contributed by atoms with E-state index in [1.165, 1.54) is 4.90 Å². The Morgan fingerprint density at radius 2 is 1.95 bits per heavy atom. The molecule has 1 saturated heterocycles. The van der Waals surface area contributed by atoms with Gasteiger partial charge in [0.15, 0.2) is 0 Å². The number of amides is 1. The van der Waals surface area contributed by atoms with Gasteiger partial charge in [-0.25, -0.2) is 9.59 Å². The number of fused-ring (bicyclic) bond motifs is 2. The van der Waals surface area contributed by atoms with Crippen LogP contribution in [0, 0.1) is 5.92 Å². The Hall–Kier alpha value is -1.30. The number of ether oxygens (including phenoxy) is 2. The summed E-state index contributed by atoms with van der Waals surface area (Å²) < 4.78 is 10.5. The topological polar surface area (TPSA) is 81.9 Å². The fraction of sp³-hybridized carbons (Fsp3) is 0.857. The largest absolute Gasteiger partial charge is 0.464 e. The highest BCUT2D eigenvalue weighted by Crippen LogP contribution is 2.43. The van der Waals surface area contributed by atoms with Crippen molar-refractivity contribution in [1.29, 1.82) is 0 Å². The molecule has 2 bridgehead atoms. The van der Waals surface area contributed by atoms with E-state index in [4.69, 9.17) is 15.2 Å². The molecule has 4 atom stereocenters. The van der Waals surface area contributed by atoms with E-state index in [9.17, 15) is 9.59 Å². The number of carbonyl (C=O) groups excluding carboxylic acids is 2. The second-order valence-electron chi connectivity index (χ2n) is 6.55. The number of likely N-dealkylation sites (tertiary alicyclic amines) is 1. The van der Waals surface area contributed by atoms with E-state index in [0.717, 1.165) is 12.8 Å². The first-order valence-corrected chi connectivity index (χ1v) is 7.18. The average Bonchev–Trinajstić information content (AvgIpc) is 2.82. The Bertz CT molecular complexity index is 404. The normalized spacial score (nSPS) is 32.4. The van der Waals surface area contributed by atoms with E-state index in [1.807, 2.05) is 0 Å². The monoisotopic (exact) mass is 284 g/mol. The summed E-state index contributed by atoms with van der Waals surface area (Å²) in [5, 5.41) is 0.